The number of H-pyrrole nitrogens is 1. The van der Waals surface area contributed by atoms with Gasteiger partial charge in [-0.25, -0.2) is 9.59 Å². The van der Waals surface area contributed by atoms with Crippen molar-refractivity contribution in [1.82, 2.24) is 20.0 Å². The Morgan fingerprint density at radius 1 is 0.959 bits per heavy atom. The van der Waals surface area contributed by atoms with Crippen LogP contribution in [0.2, 0.25) is 10.0 Å². The Kier molecular flexibility index (Phi) is 10.8. The zero-order valence-corrected chi connectivity index (χ0v) is 27.4. The molecule has 12 nitrogen and oxygen atoms in total. The molecule has 49 heavy (non-hydrogen) atoms. The van der Waals surface area contributed by atoms with Gasteiger partial charge < -0.3 is 35.2 Å². The molecule has 0 spiro atoms. The number of anilines is 3. The molecule has 3 heterocycles. The highest BCUT2D eigenvalue weighted by Gasteiger charge is 2.44. The zero-order valence-electron chi connectivity index (χ0n) is 25.9. The lowest BCUT2D eigenvalue weighted by molar-refractivity contribution is -0.274. The van der Waals surface area contributed by atoms with Gasteiger partial charge in [0, 0.05) is 55.1 Å². The van der Waals surface area contributed by atoms with Gasteiger partial charge in [-0.05, 0) is 45.2 Å². The number of amides is 3. The number of aromatic amines is 1. The van der Waals surface area contributed by atoms with E-state index in [1.807, 2.05) is 12.1 Å². The van der Waals surface area contributed by atoms with Crippen molar-refractivity contribution in [2.45, 2.75) is 38.5 Å². The average molecular weight is 740 g/mol. The van der Waals surface area contributed by atoms with E-state index in [0.717, 1.165) is 44.0 Å². The highest BCUT2D eigenvalue weighted by atomic mass is 35.5. The van der Waals surface area contributed by atoms with Gasteiger partial charge in [-0.1, -0.05) is 23.2 Å². The van der Waals surface area contributed by atoms with E-state index >= 15 is 0 Å². The molecule has 0 aliphatic carbocycles. The lowest BCUT2D eigenvalue weighted by Crippen LogP contribution is -2.44. The topological polar surface area (TPSA) is 143 Å². The summed E-state index contributed by atoms with van der Waals surface area (Å²) in [7, 11) is 2.09. The monoisotopic (exact) mass is 739 g/mol. The maximum atomic E-state index is 13.3. The van der Waals surface area contributed by atoms with E-state index in [-0.39, 0.29) is 34.0 Å². The molecule has 0 atom stereocenters. The number of nitrogens with one attached hydrogen (secondary N) is 3. The van der Waals surface area contributed by atoms with Gasteiger partial charge in [-0.15, -0.1) is 13.2 Å². The lowest BCUT2D eigenvalue weighted by Gasteiger charge is -2.34. The number of benzene rings is 2. The summed E-state index contributed by atoms with van der Waals surface area (Å²) in [6.07, 6.45) is -10.0. The first-order chi connectivity index (χ1) is 22.7. The number of likely N-dealkylation sites (N-methyl/N-ethyl adjacent to an activating group) is 1. The number of aromatic nitrogens is 2. The first-order valence-electron chi connectivity index (χ1n) is 14.2. The summed E-state index contributed by atoms with van der Waals surface area (Å²) in [5.41, 5.74) is 1.77. The number of fused-ring (bicyclic) bond motifs is 1. The van der Waals surface area contributed by atoms with E-state index in [1.54, 1.807) is 26.0 Å². The summed E-state index contributed by atoms with van der Waals surface area (Å²) in [6.45, 7) is 7.41. The summed E-state index contributed by atoms with van der Waals surface area (Å²) in [4.78, 5) is 41.3. The van der Waals surface area contributed by atoms with Crippen LogP contribution in [0.15, 0.2) is 36.4 Å². The lowest BCUT2D eigenvalue weighted by atomic mass is 10.0. The second kappa shape index (κ2) is 14.2. The molecule has 0 radical (unpaired) electrons. The summed E-state index contributed by atoms with van der Waals surface area (Å²) in [6, 6.07) is 8.56. The molecule has 1 saturated heterocycles. The predicted octanol–water partition coefficient (Wildman–Crippen LogP) is 6.54. The van der Waals surface area contributed by atoms with Crippen LogP contribution in [0, 0.1) is 0 Å². The maximum Gasteiger partial charge on any atom is 0.573 e. The SMILES string of the molecule is CN1CCN(c2ccc(C(=O)Nc3n[nH]c4c3CN(C(=O)Nc3c(Cl)cc(OC(F)(F)F)cc3Cl)C4(C)C)cc2)CC1.O=C(O)C(F)(F)F. The van der Waals surface area contributed by atoms with Crippen molar-refractivity contribution >= 4 is 58.3 Å². The molecule has 0 saturated carbocycles. The standard InChI is InChI=1S/C27H28Cl2F3N7O3.C2HF3O2/c1-26(2)22-18(14-39(26)25(41)33-21-19(28)12-17(13-20(21)29)42-27(30,31)32)23(36-35-22)34-24(40)15-4-6-16(7-5-15)38-10-8-37(3)9-11-38;3-2(4,5)1(6)7/h4-7,12-13H,8-11,14H2,1-3H3,(H,33,41)(H2,34,35,36,40);(H,6,7). The van der Waals surface area contributed by atoms with Crippen LogP contribution >= 0.6 is 23.2 Å². The molecular formula is C29H29Cl2F6N7O5. The third-order valence-electron chi connectivity index (χ3n) is 7.67. The molecule has 266 valence electrons. The highest BCUT2D eigenvalue weighted by molar-refractivity contribution is 6.40. The van der Waals surface area contributed by atoms with Crippen LogP contribution in [-0.2, 0) is 16.9 Å². The molecule has 20 heteroatoms. The van der Waals surface area contributed by atoms with Gasteiger partial charge in [0.1, 0.15) is 5.75 Å². The van der Waals surface area contributed by atoms with Crippen LogP contribution in [0.3, 0.4) is 0 Å². The number of ether oxygens (including phenoxy) is 1. The van der Waals surface area contributed by atoms with Crippen molar-refractivity contribution in [2.24, 2.45) is 0 Å². The summed E-state index contributed by atoms with van der Waals surface area (Å²) >= 11 is 12.2. The molecular weight excluding hydrogens is 711 g/mol. The number of nitrogens with zero attached hydrogens (tertiary/aromatic N) is 4. The quantitative estimate of drug-likeness (QED) is 0.216. The van der Waals surface area contributed by atoms with E-state index in [1.165, 1.54) is 4.90 Å². The minimum absolute atomic E-state index is 0.0732. The Hall–Kier alpha value is -4.42. The molecule has 3 amide bonds. The van der Waals surface area contributed by atoms with Crippen molar-refractivity contribution in [1.29, 1.82) is 0 Å². The Bertz CT molecular complexity index is 1690. The van der Waals surface area contributed by atoms with E-state index in [4.69, 9.17) is 33.1 Å². The van der Waals surface area contributed by atoms with Crippen molar-refractivity contribution in [3.05, 3.63) is 63.3 Å². The highest BCUT2D eigenvalue weighted by Crippen LogP contribution is 2.42. The van der Waals surface area contributed by atoms with Gasteiger partial charge in [0.05, 0.1) is 33.5 Å². The number of hydrogen-bond donors (Lipinski definition) is 4. The third kappa shape index (κ3) is 8.98. The van der Waals surface area contributed by atoms with Gasteiger partial charge in [0.2, 0.25) is 0 Å². The number of carboxylic acid groups (broad SMARTS) is 1. The summed E-state index contributed by atoms with van der Waals surface area (Å²) < 4.78 is 73.4. The van der Waals surface area contributed by atoms with Gasteiger partial charge in [0.15, 0.2) is 5.82 Å². The minimum Gasteiger partial charge on any atom is -0.475 e. The van der Waals surface area contributed by atoms with Crippen LogP contribution in [0.5, 0.6) is 5.75 Å². The second-order valence-corrected chi connectivity index (χ2v) is 12.2. The fraction of sp³-hybridized carbons (Fsp3) is 0.379. The molecule has 4 N–H and O–H groups in total. The van der Waals surface area contributed by atoms with E-state index in [9.17, 15) is 35.9 Å². The number of carbonyl (C=O) groups excluding carboxylic acids is 2. The zero-order chi connectivity index (χ0) is 36.5. The summed E-state index contributed by atoms with van der Waals surface area (Å²) in [5.74, 6) is -3.44. The van der Waals surface area contributed by atoms with Crippen LogP contribution in [-0.4, -0.2) is 88.8 Å². The number of carboxylic acids is 1. The molecule has 2 aromatic carbocycles. The fourth-order valence-corrected chi connectivity index (χ4v) is 5.61. The normalized spacial score (nSPS) is 16.0. The number of urea groups is 1. The van der Waals surface area contributed by atoms with Gasteiger partial charge in [-0.3, -0.25) is 9.89 Å². The number of alkyl halides is 6. The van der Waals surface area contributed by atoms with Crippen LogP contribution in [0.1, 0.15) is 35.5 Å². The molecule has 5 rings (SSSR count). The third-order valence-corrected chi connectivity index (χ3v) is 8.26. The molecule has 3 aromatic rings. The largest absolute Gasteiger partial charge is 0.573 e. The number of rotatable bonds is 5. The first-order valence-corrected chi connectivity index (χ1v) is 15.0. The van der Waals surface area contributed by atoms with Gasteiger partial charge >= 0.3 is 24.5 Å². The Morgan fingerprint density at radius 2 is 1.51 bits per heavy atom. The molecule has 1 aromatic heterocycles. The molecule has 1 fully saturated rings. The van der Waals surface area contributed by atoms with Crippen molar-refractivity contribution in [3.8, 4) is 5.75 Å². The molecule has 0 unspecified atom stereocenters. The summed E-state index contributed by atoms with van der Waals surface area (Å²) in [5, 5.41) is 19.2. The number of piperazine rings is 1. The number of carbonyl (C=O) groups is 3. The van der Waals surface area contributed by atoms with Crippen molar-refractivity contribution in [2.75, 3.05) is 48.8 Å². The predicted molar refractivity (Wildman–Crippen MR) is 167 cm³/mol. The van der Waals surface area contributed by atoms with E-state index in [0.29, 0.717) is 16.8 Å². The first kappa shape index (κ1) is 37.4. The maximum absolute atomic E-state index is 13.3. The molecule has 0 bridgehead atoms. The second-order valence-electron chi connectivity index (χ2n) is 11.4. The van der Waals surface area contributed by atoms with E-state index < -0.39 is 35.8 Å². The van der Waals surface area contributed by atoms with Gasteiger partial charge in [0.25, 0.3) is 5.91 Å². The fourth-order valence-electron chi connectivity index (χ4n) is 5.05. The molecule has 2 aliphatic heterocycles. The van der Waals surface area contributed by atoms with Crippen molar-refractivity contribution < 1.29 is 50.6 Å². The number of aliphatic carboxylic acids is 1. The van der Waals surface area contributed by atoms with E-state index in [2.05, 4.69) is 42.4 Å². The molecule has 2 aliphatic rings. The van der Waals surface area contributed by atoms with Gasteiger partial charge in [-0.2, -0.15) is 18.3 Å². The Balaban J connectivity index is 0.000000698. The average Bonchev–Trinajstić information content (AvgIpc) is 3.51. The Labute approximate surface area is 284 Å². The minimum atomic E-state index is -5.08. The van der Waals surface area contributed by atoms with Crippen LogP contribution in [0.4, 0.5) is 48.3 Å². The number of hydrogen-bond acceptors (Lipinski definition) is 7. The van der Waals surface area contributed by atoms with Crippen LogP contribution in [0.25, 0.3) is 0 Å². The number of halogens is 8. The Morgan fingerprint density at radius 3 is 2.02 bits per heavy atom. The smallest absolute Gasteiger partial charge is 0.475 e. The van der Waals surface area contributed by atoms with Crippen molar-refractivity contribution in [3.63, 3.8) is 0 Å². The van der Waals surface area contributed by atoms with Crippen LogP contribution < -0.4 is 20.3 Å².